The van der Waals surface area contributed by atoms with Crippen LogP contribution in [-0.2, 0) is 23.9 Å². The van der Waals surface area contributed by atoms with Gasteiger partial charge in [0, 0.05) is 11.2 Å². The molecule has 2 fully saturated rings. The lowest BCUT2D eigenvalue weighted by molar-refractivity contribution is -0.163. The highest BCUT2D eigenvalue weighted by Crippen LogP contribution is 2.53. The topological polar surface area (TPSA) is 84.9 Å². The van der Waals surface area contributed by atoms with Crippen molar-refractivity contribution in [3.63, 3.8) is 0 Å². The molecule has 0 radical (unpaired) electrons. The number of fused-ring (bicyclic) bond motifs is 1. The quantitative estimate of drug-likeness (QED) is 0.511. The maximum atomic E-state index is 13.6. The molecule has 7 heteroatoms. The number of hydrogen-bond donors (Lipinski definition) is 1. The molecule has 0 saturated carbocycles. The van der Waals surface area contributed by atoms with Gasteiger partial charge in [-0.25, -0.2) is 0 Å². The first-order chi connectivity index (χ1) is 15.8. The van der Waals surface area contributed by atoms with Crippen molar-refractivity contribution >= 4 is 23.5 Å². The van der Waals surface area contributed by atoms with Gasteiger partial charge in [0.05, 0.1) is 18.6 Å². The molecule has 0 aliphatic carbocycles. The second kappa shape index (κ2) is 8.52. The van der Waals surface area contributed by atoms with E-state index < -0.39 is 41.2 Å². The van der Waals surface area contributed by atoms with E-state index in [4.69, 9.17) is 9.47 Å². The van der Waals surface area contributed by atoms with Crippen molar-refractivity contribution in [2.24, 2.45) is 17.8 Å². The highest BCUT2D eigenvalue weighted by molar-refractivity contribution is 6.03. The minimum Gasteiger partial charge on any atom is -0.452 e. The maximum absolute atomic E-state index is 13.6. The van der Waals surface area contributed by atoms with Crippen molar-refractivity contribution in [2.45, 2.75) is 78.2 Å². The smallest absolute Gasteiger partial charge is 0.313 e. The number of rotatable bonds is 6. The predicted octanol–water partition coefficient (Wildman–Crippen LogP) is 3.46. The van der Waals surface area contributed by atoms with Crippen LogP contribution in [0.4, 0.5) is 5.69 Å². The van der Waals surface area contributed by atoms with E-state index in [0.717, 1.165) is 16.8 Å². The molecule has 184 valence electrons. The Hall–Kier alpha value is -2.67. The summed E-state index contributed by atoms with van der Waals surface area (Å²) in [5, 5.41) is 2.91. The van der Waals surface area contributed by atoms with Crippen molar-refractivity contribution < 1.29 is 23.9 Å². The molecule has 34 heavy (non-hydrogen) atoms. The first kappa shape index (κ1) is 24.5. The molecule has 0 unspecified atom stereocenters. The Bertz CT molecular complexity index is 1040. The number of benzene rings is 1. The number of carbonyl (C=O) groups is 3. The van der Waals surface area contributed by atoms with E-state index >= 15 is 0 Å². The molecule has 1 aromatic carbocycles. The van der Waals surface area contributed by atoms with Crippen molar-refractivity contribution in [3.8, 4) is 0 Å². The minimum atomic E-state index is -0.919. The number of esters is 1. The number of carbonyl (C=O) groups excluding carboxylic acids is 3. The van der Waals surface area contributed by atoms with Crippen LogP contribution in [-0.4, -0.2) is 47.7 Å². The minimum absolute atomic E-state index is 0.139. The van der Waals surface area contributed by atoms with E-state index in [1.165, 1.54) is 0 Å². The molecule has 3 heterocycles. The maximum Gasteiger partial charge on any atom is 0.313 e. The normalized spacial score (nSPS) is 28.4. The average molecular weight is 469 g/mol. The summed E-state index contributed by atoms with van der Waals surface area (Å²) in [5.74, 6) is -2.30. The zero-order valence-electron chi connectivity index (χ0n) is 21.2. The summed E-state index contributed by atoms with van der Waals surface area (Å²) >= 11 is 0. The second-order valence-electron chi connectivity index (χ2n) is 11.4. The first-order valence-electron chi connectivity index (χ1n) is 12.1. The van der Waals surface area contributed by atoms with Crippen molar-refractivity contribution in [1.82, 2.24) is 5.32 Å². The SMILES string of the molecule is Cc1ccc(N2C[C@@]34C=C[C@@H](O3)[C@H](C(=O)O[C@H](CC(C)C)C(=O)NC(C)(C)C)[C@@H]4C2=O)c(C)c1. The van der Waals surface area contributed by atoms with Gasteiger partial charge in [0.25, 0.3) is 5.91 Å². The molecule has 1 spiro atoms. The predicted molar refractivity (Wildman–Crippen MR) is 129 cm³/mol. The van der Waals surface area contributed by atoms with E-state index in [1.54, 1.807) is 4.90 Å². The highest BCUT2D eigenvalue weighted by atomic mass is 16.6. The van der Waals surface area contributed by atoms with E-state index in [2.05, 4.69) is 5.32 Å². The molecule has 2 bridgehead atoms. The van der Waals surface area contributed by atoms with Gasteiger partial charge in [0.15, 0.2) is 6.10 Å². The molecular formula is C27H36N2O5. The van der Waals surface area contributed by atoms with Gasteiger partial charge in [-0.2, -0.15) is 0 Å². The third kappa shape index (κ3) is 4.38. The fourth-order valence-electron chi connectivity index (χ4n) is 5.39. The summed E-state index contributed by atoms with van der Waals surface area (Å²) < 4.78 is 12.0. The van der Waals surface area contributed by atoms with Crippen LogP contribution in [0, 0.1) is 31.6 Å². The monoisotopic (exact) mass is 468 g/mol. The van der Waals surface area contributed by atoms with Crippen LogP contribution in [0.25, 0.3) is 0 Å². The summed E-state index contributed by atoms with van der Waals surface area (Å²) in [6.45, 7) is 14.0. The van der Waals surface area contributed by atoms with Gasteiger partial charge in [-0.1, -0.05) is 43.7 Å². The third-order valence-electron chi connectivity index (χ3n) is 6.75. The van der Waals surface area contributed by atoms with Crippen LogP contribution in [0.5, 0.6) is 0 Å². The number of nitrogens with zero attached hydrogens (tertiary/aromatic N) is 1. The van der Waals surface area contributed by atoms with Crippen LogP contribution in [0.3, 0.4) is 0 Å². The van der Waals surface area contributed by atoms with Gasteiger partial charge in [-0.3, -0.25) is 14.4 Å². The van der Waals surface area contributed by atoms with Crippen LogP contribution in [0.2, 0.25) is 0 Å². The Morgan fingerprint density at radius 1 is 1.26 bits per heavy atom. The molecule has 1 N–H and O–H groups in total. The number of hydrogen-bond acceptors (Lipinski definition) is 5. The summed E-state index contributed by atoms with van der Waals surface area (Å²) in [6, 6.07) is 5.96. The van der Waals surface area contributed by atoms with Crippen LogP contribution < -0.4 is 10.2 Å². The number of amides is 2. The van der Waals surface area contributed by atoms with Crippen molar-refractivity contribution in [1.29, 1.82) is 0 Å². The van der Waals surface area contributed by atoms with Gasteiger partial charge < -0.3 is 19.7 Å². The largest absolute Gasteiger partial charge is 0.452 e. The Kier molecular flexibility index (Phi) is 6.13. The summed E-state index contributed by atoms with van der Waals surface area (Å²) in [7, 11) is 0. The summed E-state index contributed by atoms with van der Waals surface area (Å²) in [6.07, 6.45) is 2.74. The van der Waals surface area contributed by atoms with E-state index in [-0.39, 0.29) is 17.7 Å². The lowest BCUT2D eigenvalue weighted by Crippen LogP contribution is -2.49. The number of ether oxygens (including phenoxy) is 2. The van der Waals surface area contributed by atoms with Crippen molar-refractivity contribution in [3.05, 3.63) is 41.5 Å². The molecule has 4 rings (SSSR count). The third-order valence-corrected chi connectivity index (χ3v) is 6.75. The fraction of sp³-hybridized carbons (Fsp3) is 0.593. The van der Waals surface area contributed by atoms with E-state index in [1.807, 2.05) is 78.8 Å². The molecule has 3 aliphatic rings. The van der Waals surface area contributed by atoms with E-state index in [9.17, 15) is 14.4 Å². The molecular weight excluding hydrogens is 432 g/mol. The molecule has 2 amide bonds. The molecule has 0 aromatic heterocycles. The summed E-state index contributed by atoms with van der Waals surface area (Å²) in [4.78, 5) is 41.7. The van der Waals surface area contributed by atoms with E-state index in [0.29, 0.717) is 13.0 Å². The van der Waals surface area contributed by atoms with Crippen molar-refractivity contribution in [2.75, 3.05) is 11.4 Å². The van der Waals surface area contributed by atoms with Crippen LogP contribution >= 0.6 is 0 Å². The average Bonchev–Trinajstić information content (AvgIpc) is 3.34. The van der Waals surface area contributed by atoms with Crippen LogP contribution in [0.15, 0.2) is 30.4 Å². The number of anilines is 1. The van der Waals surface area contributed by atoms with Gasteiger partial charge >= 0.3 is 5.97 Å². The zero-order valence-corrected chi connectivity index (χ0v) is 21.2. The lowest BCUT2D eigenvalue weighted by atomic mass is 9.77. The molecule has 1 aromatic rings. The highest BCUT2D eigenvalue weighted by Gasteiger charge is 2.67. The van der Waals surface area contributed by atoms with Gasteiger partial charge in [0.2, 0.25) is 5.91 Å². The second-order valence-corrected chi connectivity index (χ2v) is 11.4. The lowest BCUT2D eigenvalue weighted by Gasteiger charge is -2.28. The molecule has 3 aliphatic heterocycles. The van der Waals surface area contributed by atoms with Gasteiger partial charge in [-0.05, 0) is 58.6 Å². The first-order valence-corrected chi connectivity index (χ1v) is 12.1. The fourth-order valence-corrected chi connectivity index (χ4v) is 5.39. The zero-order chi connectivity index (χ0) is 25.0. The Morgan fingerprint density at radius 3 is 2.59 bits per heavy atom. The van der Waals surface area contributed by atoms with Gasteiger partial charge in [-0.15, -0.1) is 0 Å². The number of aryl methyl sites for hydroxylation is 2. The molecule has 5 atom stereocenters. The van der Waals surface area contributed by atoms with Gasteiger partial charge in [0.1, 0.15) is 11.5 Å². The standard InChI is InChI=1S/C27H36N2O5/c1-15(2)12-20(23(30)28-26(5,6)7)33-25(32)21-19-10-11-27(34-19)14-29(24(31)22(21)27)18-9-8-16(3)13-17(18)4/h8-11,13,15,19-22H,12,14H2,1-7H3,(H,28,30)/t19-,20-,21+,22-,27-/m1/s1. The Labute approximate surface area is 201 Å². The molecule has 7 nitrogen and oxygen atoms in total. The Morgan fingerprint density at radius 2 is 1.97 bits per heavy atom. The Balaban J connectivity index is 1.58. The number of nitrogens with one attached hydrogen (secondary N) is 1. The van der Waals surface area contributed by atoms with Crippen LogP contribution in [0.1, 0.15) is 52.2 Å². The summed E-state index contributed by atoms with van der Waals surface area (Å²) in [5.41, 5.74) is 1.65. The molecule has 2 saturated heterocycles.